The molecular formula is C22H31NO3. The maximum atomic E-state index is 13.2. The van der Waals surface area contributed by atoms with E-state index in [0.29, 0.717) is 17.7 Å². The lowest BCUT2D eigenvalue weighted by molar-refractivity contribution is -0.174. The maximum Gasteiger partial charge on any atom is 0.344 e. The van der Waals surface area contributed by atoms with Crippen LogP contribution in [0.15, 0.2) is 30.3 Å². The lowest BCUT2D eigenvalue weighted by atomic mass is 9.73. The number of ether oxygens (including phenoxy) is 1. The predicted octanol–water partition coefficient (Wildman–Crippen LogP) is 3.34. The third-order valence-electron chi connectivity index (χ3n) is 4.57. The van der Waals surface area contributed by atoms with Crippen LogP contribution in [-0.4, -0.2) is 42.1 Å². The number of nitrogens with zero attached hydrogens (tertiary/aromatic N) is 1. The molecule has 0 aliphatic heterocycles. The smallest absolute Gasteiger partial charge is 0.344 e. The molecule has 0 bridgehead atoms. The van der Waals surface area contributed by atoms with Crippen LogP contribution < -0.4 is 0 Å². The molecule has 1 aliphatic rings. The highest BCUT2D eigenvalue weighted by Gasteiger charge is 2.46. The first-order valence-electron chi connectivity index (χ1n) is 13.7. The Labute approximate surface area is 171 Å². The van der Waals surface area contributed by atoms with E-state index in [1.807, 2.05) is 11.8 Å². The SMILES string of the molecule is [2H]C([2H])([2H])CN(CC([2H])([2H])[2H])C([2H])([2H])C#CC([2H])([2H])OC(=O)[C@](O)(c1ccccc1)C1CCCCC1. The van der Waals surface area contributed by atoms with Crippen molar-refractivity contribution in [2.45, 2.75) is 51.4 Å². The summed E-state index contributed by atoms with van der Waals surface area (Å²) in [6, 6.07) is 8.04. The second-order valence-electron chi connectivity index (χ2n) is 6.18. The highest BCUT2D eigenvalue weighted by molar-refractivity contribution is 5.81. The molecule has 0 heterocycles. The van der Waals surface area contributed by atoms with Crippen molar-refractivity contribution in [3.8, 4) is 11.8 Å². The lowest BCUT2D eigenvalue weighted by Crippen LogP contribution is -2.45. The fourth-order valence-corrected chi connectivity index (χ4v) is 3.15. The van der Waals surface area contributed by atoms with E-state index in [1.165, 1.54) is 12.1 Å². The van der Waals surface area contributed by atoms with Crippen LogP contribution >= 0.6 is 0 Å². The largest absolute Gasteiger partial charge is 0.450 e. The summed E-state index contributed by atoms with van der Waals surface area (Å²) >= 11 is 0. The van der Waals surface area contributed by atoms with Gasteiger partial charge in [0.15, 0.2) is 12.2 Å². The van der Waals surface area contributed by atoms with Crippen molar-refractivity contribution in [2.75, 3.05) is 26.1 Å². The third-order valence-corrected chi connectivity index (χ3v) is 4.57. The summed E-state index contributed by atoms with van der Waals surface area (Å²) in [4.78, 5) is 13.7. The van der Waals surface area contributed by atoms with Gasteiger partial charge < -0.3 is 9.84 Å². The van der Waals surface area contributed by atoms with Gasteiger partial charge in [-0.25, -0.2) is 4.79 Å². The molecule has 1 aromatic rings. The summed E-state index contributed by atoms with van der Waals surface area (Å²) < 4.78 is 81.4. The molecule has 1 fully saturated rings. The van der Waals surface area contributed by atoms with Crippen LogP contribution in [0.5, 0.6) is 0 Å². The highest BCUT2D eigenvalue weighted by Crippen LogP contribution is 2.40. The summed E-state index contributed by atoms with van der Waals surface area (Å²) in [5.41, 5.74) is -1.91. The first kappa shape index (κ1) is 10.5. The van der Waals surface area contributed by atoms with E-state index in [0.717, 1.165) is 19.3 Å². The monoisotopic (exact) mass is 367 g/mol. The first-order valence-corrected chi connectivity index (χ1v) is 8.67. The van der Waals surface area contributed by atoms with Gasteiger partial charge in [-0.2, -0.15) is 0 Å². The fourth-order valence-electron chi connectivity index (χ4n) is 3.15. The molecule has 1 aromatic carbocycles. The molecule has 1 aliphatic carbocycles. The number of esters is 1. The van der Waals surface area contributed by atoms with E-state index in [-0.39, 0.29) is 5.56 Å². The second kappa shape index (κ2) is 10.4. The zero-order chi connectivity index (χ0) is 27.4. The number of rotatable bonds is 7. The Hall–Kier alpha value is -1.83. The van der Waals surface area contributed by atoms with Crippen LogP contribution in [0.25, 0.3) is 0 Å². The van der Waals surface area contributed by atoms with E-state index >= 15 is 0 Å². The molecule has 0 aromatic heterocycles. The molecule has 0 unspecified atom stereocenters. The van der Waals surface area contributed by atoms with Crippen LogP contribution in [0.4, 0.5) is 0 Å². The third kappa shape index (κ3) is 5.09. The van der Waals surface area contributed by atoms with Crippen molar-refractivity contribution >= 4 is 5.97 Å². The maximum absolute atomic E-state index is 13.2. The van der Waals surface area contributed by atoms with E-state index in [4.69, 9.17) is 18.4 Å². The molecule has 0 spiro atoms. The normalized spacial score (nSPS) is 25.0. The molecule has 1 saturated carbocycles. The zero-order valence-corrected chi connectivity index (χ0v) is 14.6. The molecule has 0 radical (unpaired) electrons. The Bertz CT molecular complexity index is 931. The lowest BCUT2D eigenvalue weighted by Gasteiger charge is -2.36. The zero-order valence-electron chi connectivity index (χ0n) is 24.6. The number of hydrogen-bond acceptors (Lipinski definition) is 4. The summed E-state index contributed by atoms with van der Waals surface area (Å²) in [6.45, 7) is -13.3. The predicted molar refractivity (Wildman–Crippen MR) is 103 cm³/mol. The van der Waals surface area contributed by atoms with Crippen LogP contribution in [0.2, 0.25) is 0 Å². The van der Waals surface area contributed by atoms with Gasteiger partial charge in [0, 0.05) is 14.1 Å². The average molecular weight is 368 g/mol. The van der Waals surface area contributed by atoms with E-state index < -0.39 is 57.3 Å². The Morgan fingerprint density at radius 2 is 1.96 bits per heavy atom. The first-order chi connectivity index (χ1) is 16.4. The van der Waals surface area contributed by atoms with Crippen LogP contribution in [-0.2, 0) is 15.1 Å². The van der Waals surface area contributed by atoms with Gasteiger partial charge >= 0.3 is 5.97 Å². The minimum atomic E-state index is -3.06. The Balaban J connectivity index is 2.33. The summed E-state index contributed by atoms with van der Waals surface area (Å²) in [5.74, 6) is 1.95. The van der Waals surface area contributed by atoms with Crippen LogP contribution in [0, 0.1) is 17.8 Å². The van der Waals surface area contributed by atoms with Crippen molar-refractivity contribution < 1.29 is 28.3 Å². The minimum Gasteiger partial charge on any atom is -0.450 e. The van der Waals surface area contributed by atoms with Crippen molar-refractivity contribution in [3.05, 3.63) is 35.9 Å². The topological polar surface area (TPSA) is 49.8 Å². The molecular weight excluding hydrogens is 326 g/mol. The molecule has 142 valence electrons. The summed E-state index contributed by atoms with van der Waals surface area (Å²) in [5, 5.41) is 11.5. The molecule has 4 heteroatoms. The minimum absolute atomic E-state index is 0.238. The van der Waals surface area contributed by atoms with Crippen molar-refractivity contribution in [3.63, 3.8) is 0 Å². The van der Waals surface area contributed by atoms with Crippen molar-refractivity contribution in [2.24, 2.45) is 5.92 Å². The van der Waals surface area contributed by atoms with Gasteiger partial charge in [0.25, 0.3) is 0 Å². The second-order valence-corrected chi connectivity index (χ2v) is 6.18. The van der Waals surface area contributed by atoms with Gasteiger partial charge in [0.05, 0.1) is 12.0 Å². The van der Waals surface area contributed by atoms with Gasteiger partial charge in [-0.05, 0) is 31.5 Å². The molecule has 0 saturated heterocycles. The quantitative estimate of drug-likeness (QED) is 0.593. The fraction of sp³-hybridized carbons (Fsp3) is 0.591. The molecule has 1 N–H and O–H groups in total. The van der Waals surface area contributed by atoms with Gasteiger partial charge in [0.2, 0.25) is 0 Å². The number of aliphatic hydroxyl groups is 1. The summed E-state index contributed by atoms with van der Waals surface area (Å²) in [6.07, 6.45) is 3.56. The Morgan fingerprint density at radius 3 is 2.62 bits per heavy atom. The van der Waals surface area contributed by atoms with Gasteiger partial charge in [0.1, 0.15) is 0 Å². The van der Waals surface area contributed by atoms with Crippen LogP contribution in [0.1, 0.15) is 65.1 Å². The number of hydrogen-bond donors (Lipinski definition) is 1. The van der Waals surface area contributed by atoms with Crippen molar-refractivity contribution in [1.29, 1.82) is 0 Å². The van der Waals surface area contributed by atoms with E-state index in [1.54, 1.807) is 18.2 Å². The highest BCUT2D eigenvalue weighted by atomic mass is 16.5. The molecule has 4 nitrogen and oxygen atoms in total. The van der Waals surface area contributed by atoms with E-state index in [9.17, 15) is 9.90 Å². The van der Waals surface area contributed by atoms with Crippen LogP contribution in [0.3, 0.4) is 0 Å². The van der Waals surface area contributed by atoms with E-state index in [2.05, 4.69) is 0 Å². The number of benzene rings is 1. The summed E-state index contributed by atoms with van der Waals surface area (Å²) in [7, 11) is 0. The average Bonchev–Trinajstić information content (AvgIpc) is 2.76. The van der Waals surface area contributed by atoms with Gasteiger partial charge in [-0.1, -0.05) is 75.1 Å². The van der Waals surface area contributed by atoms with Gasteiger partial charge in [-0.3, -0.25) is 4.90 Å². The molecule has 26 heavy (non-hydrogen) atoms. The molecule has 2 rings (SSSR count). The molecule has 1 atom stereocenters. The molecule has 0 amide bonds. The standard InChI is InChI=1S/C22H31NO3/c1-3-23(4-2)17-11-12-18-26-21(24)22(25,19-13-7-5-8-14-19)20-15-9-6-10-16-20/h5,7-8,13-14,20,25H,3-4,6,9-10,15-18H2,1-2H3/t22-/m0/s1/i1D3,2D3,17D2,18D2. The number of carbonyl (C=O) groups is 1. The van der Waals surface area contributed by atoms with Crippen molar-refractivity contribution in [1.82, 2.24) is 4.90 Å². The Morgan fingerprint density at radius 1 is 1.27 bits per heavy atom. The van der Waals surface area contributed by atoms with Gasteiger partial charge in [-0.15, -0.1) is 0 Å². The Kier molecular flexibility index (Phi) is 4.18. The number of carbonyl (C=O) groups excluding carboxylic acids is 1.